The first-order chi connectivity index (χ1) is 18.0. The molecule has 0 spiro atoms. The van der Waals surface area contributed by atoms with Gasteiger partial charge in [0.05, 0.1) is 40.1 Å². The average molecular weight is 596 g/mol. The van der Waals surface area contributed by atoms with Gasteiger partial charge in [-0.3, -0.25) is 15.3 Å². The van der Waals surface area contributed by atoms with Crippen LogP contribution in [-0.4, -0.2) is 35.0 Å². The monoisotopic (exact) mass is 595 g/mol. The highest BCUT2D eigenvalue weighted by Gasteiger charge is 2.60. The average Bonchev–Trinajstić information content (AvgIpc) is 3.28. The van der Waals surface area contributed by atoms with Crippen LogP contribution in [-0.2, 0) is 22.3 Å². The predicted molar refractivity (Wildman–Crippen MR) is 128 cm³/mol. The molecule has 0 aliphatic carbocycles. The summed E-state index contributed by atoms with van der Waals surface area (Å²) in [6.45, 7) is 3.35. The molecule has 1 aromatic carbocycles. The standard InChI is InChI=1S/C24H18Cl2F7N5O/c1-12(2)20(36-11-34)38-9-21(27,10-38)18-4-3-13(8-35-18)17-7-22(39-37-17,24(31,32)33)14-5-15(23(28,29)30)19(26)16(25)6-14/h3-8,12,37H,9-10H2,1-2H3. The molecule has 2 aromatic rings. The van der Waals surface area contributed by atoms with Crippen LogP contribution < -0.4 is 5.48 Å². The van der Waals surface area contributed by atoms with Crippen molar-refractivity contribution in [2.75, 3.05) is 13.1 Å². The summed E-state index contributed by atoms with van der Waals surface area (Å²) in [6, 6.07) is 3.44. The Morgan fingerprint density at radius 2 is 1.85 bits per heavy atom. The Hall–Kier alpha value is -3.08. The minimum atomic E-state index is -5.23. The molecule has 3 heterocycles. The summed E-state index contributed by atoms with van der Waals surface area (Å²) in [6.07, 6.45) is -6.98. The molecule has 0 amide bonds. The molecular formula is C24H18Cl2F7N5O. The first-order valence-electron chi connectivity index (χ1n) is 11.2. The van der Waals surface area contributed by atoms with Crippen LogP contribution in [0.3, 0.4) is 0 Å². The first kappa shape index (κ1) is 28.9. The number of nitrogens with one attached hydrogen (secondary N) is 1. The zero-order valence-electron chi connectivity index (χ0n) is 20.1. The number of nitrogens with zero attached hydrogens (tertiary/aromatic N) is 4. The number of hydrogen-bond donors (Lipinski definition) is 1. The molecule has 0 saturated carbocycles. The number of hydrogen-bond acceptors (Lipinski definition) is 5. The van der Waals surface area contributed by atoms with E-state index in [1.807, 2.05) is 0 Å². The molecule has 1 N–H and O–H groups in total. The maximum Gasteiger partial charge on any atom is 0.428 e. The molecule has 4 rings (SSSR count). The van der Waals surface area contributed by atoms with Crippen molar-refractivity contribution in [2.24, 2.45) is 10.9 Å². The van der Waals surface area contributed by atoms with E-state index in [0.717, 1.165) is 6.20 Å². The number of pyridine rings is 1. The lowest BCUT2D eigenvalue weighted by molar-refractivity contribution is -0.269. The van der Waals surface area contributed by atoms with Gasteiger partial charge < -0.3 is 4.90 Å². The van der Waals surface area contributed by atoms with Crippen molar-refractivity contribution >= 4 is 34.7 Å². The fourth-order valence-electron chi connectivity index (χ4n) is 4.31. The molecule has 15 heteroatoms. The number of benzene rings is 1. The summed E-state index contributed by atoms with van der Waals surface area (Å²) in [5, 5.41) is 7.15. The number of amidine groups is 1. The highest BCUT2D eigenvalue weighted by molar-refractivity contribution is 6.42. The molecule has 39 heavy (non-hydrogen) atoms. The Kier molecular flexibility index (Phi) is 7.29. The summed E-state index contributed by atoms with van der Waals surface area (Å²) in [4.78, 5) is 14.2. The summed E-state index contributed by atoms with van der Waals surface area (Å²) in [5.74, 6) is 0.292. The molecule has 1 aromatic heterocycles. The lowest BCUT2D eigenvalue weighted by atomic mass is 9.89. The third-order valence-corrected chi connectivity index (χ3v) is 7.08. The van der Waals surface area contributed by atoms with E-state index in [0.29, 0.717) is 18.0 Å². The molecule has 1 fully saturated rings. The van der Waals surface area contributed by atoms with Crippen LogP contribution in [0.25, 0.3) is 5.70 Å². The second-order valence-corrected chi connectivity index (χ2v) is 10.1. The van der Waals surface area contributed by atoms with Crippen LogP contribution in [0.4, 0.5) is 30.7 Å². The van der Waals surface area contributed by atoms with Crippen LogP contribution in [0.2, 0.25) is 10.0 Å². The molecule has 1 unspecified atom stereocenters. The van der Waals surface area contributed by atoms with Gasteiger partial charge in [-0.1, -0.05) is 37.0 Å². The molecule has 2 aliphatic rings. The molecule has 0 bridgehead atoms. The number of nitriles is 1. The van der Waals surface area contributed by atoms with Crippen molar-refractivity contribution in [3.8, 4) is 6.19 Å². The van der Waals surface area contributed by atoms with Crippen molar-refractivity contribution in [3.63, 3.8) is 0 Å². The predicted octanol–water partition coefficient (Wildman–Crippen LogP) is 6.76. The summed E-state index contributed by atoms with van der Waals surface area (Å²) in [7, 11) is 0. The number of alkyl halides is 7. The van der Waals surface area contributed by atoms with Crippen molar-refractivity contribution in [2.45, 2.75) is 37.5 Å². The fraction of sp³-hybridized carbons (Fsp3) is 0.375. The van der Waals surface area contributed by atoms with Gasteiger partial charge in [-0.25, -0.2) is 4.39 Å². The van der Waals surface area contributed by atoms with Crippen LogP contribution in [0.1, 0.15) is 36.2 Å². The lowest BCUT2D eigenvalue weighted by Gasteiger charge is -2.46. The number of hydroxylamine groups is 1. The van der Waals surface area contributed by atoms with E-state index < -0.39 is 44.8 Å². The second-order valence-electron chi connectivity index (χ2n) is 9.29. The summed E-state index contributed by atoms with van der Waals surface area (Å²) < 4.78 is 98.5. The molecule has 2 aliphatic heterocycles. The van der Waals surface area contributed by atoms with Crippen molar-refractivity contribution in [3.05, 3.63) is 69.0 Å². The highest BCUT2D eigenvalue weighted by Crippen LogP contribution is 2.50. The molecule has 0 radical (unpaired) electrons. The first-order valence-corrected chi connectivity index (χ1v) is 12.0. The van der Waals surface area contributed by atoms with Crippen molar-refractivity contribution in [1.82, 2.24) is 15.4 Å². The van der Waals surface area contributed by atoms with Crippen LogP contribution in [0.5, 0.6) is 0 Å². The van der Waals surface area contributed by atoms with E-state index in [1.165, 1.54) is 12.1 Å². The third kappa shape index (κ3) is 5.13. The van der Waals surface area contributed by atoms with Crippen molar-refractivity contribution < 1.29 is 35.6 Å². The third-order valence-electron chi connectivity index (χ3n) is 6.27. The molecule has 208 valence electrons. The molecule has 1 atom stereocenters. The normalized spacial score (nSPS) is 21.4. The van der Waals surface area contributed by atoms with Gasteiger partial charge in [-0.15, -0.1) is 0 Å². The minimum absolute atomic E-state index is 0.00321. The Balaban J connectivity index is 1.65. The Morgan fingerprint density at radius 3 is 2.36 bits per heavy atom. The van der Waals surface area contributed by atoms with Gasteiger partial charge in [-0.2, -0.15) is 36.6 Å². The van der Waals surface area contributed by atoms with Crippen LogP contribution in [0, 0.1) is 17.4 Å². The fourth-order valence-corrected chi connectivity index (χ4v) is 4.75. The zero-order chi connectivity index (χ0) is 29.0. The molecular weight excluding hydrogens is 578 g/mol. The maximum atomic E-state index is 15.4. The minimum Gasteiger partial charge on any atom is -0.352 e. The SMILES string of the molecule is CC(C)C(=NC#N)N1CC(F)(c2ccc(C3=CC(c4cc(Cl)c(Cl)c(C(F)(F)F)c4)(C(F)(F)F)ON3)cn2)C1. The highest BCUT2D eigenvalue weighted by atomic mass is 35.5. The van der Waals surface area contributed by atoms with Crippen molar-refractivity contribution in [1.29, 1.82) is 5.26 Å². The van der Waals surface area contributed by atoms with Gasteiger partial charge in [0.25, 0.3) is 0 Å². The van der Waals surface area contributed by atoms with E-state index in [9.17, 15) is 26.3 Å². The molecule has 6 nitrogen and oxygen atoms in total. The van der Waals surface area contributed by atoms with E-state index in [4.69, 9.17) is 33.3 Å². The number of halogens is 9. The Labute approximate surface area is 227 Å². The van der Waals surface area contributed by atoms with Gasteiger partial charge >= 0.3 is 12.4 Å². The number of likely N-dealkylation sites (tertiary alicyclic amines) is 1. The van der Waals surface area contributed by atoms with Gasteiger partial charge in [-0.05, 0) is 30.3 Å². The van der Waals surface area contributed by atoms with E-state index in [1.54, 1.807) is 24.9 Å². The number of aromatic nitrogens is 1. The number of aliphatic imine (C=N–C) groups is 1. The zero-order valence-corrected chi connectivity index (χ0v) is 21.6. The lowest BCUT2D eigenvalue weighted by Crippen LogP contribution is -2.60. The van der Waals surface area contributed by atoms with Crippen LogP contribution in [0.15, 0.2) is 41.5 Å². The van der Waals surface area contributed by atoms with Gasteiger partial charge in [0.1, 0.15) is 5.84 Å². The van der Waals surface area contributed by atoms with E-state index in [-0.39, 0.29) is 42.0 Å². The summed E-state index contributed by atoms with van der Waals surface area (Å²) in [5.41, 5.74) is -5.88. The van der Waals surface area contributed by atoms with E-state index in [2.05, 4.69) is 15.5 Å². The Morgan fingerprint density at radius 1 is 1.18 bits per heavy atom. The Bertz CT molecular complexity index is 1380. The smallest absolute Gasteiger partial charge is 0.352 e. The summed E-state index contributed by atoms with van der Waals surface area (Å²) >= 11 is 11.3. The van der Waals surface area contributed by atoms with Gasteiger partial charge in [0.2, 0.25) is 11.8 Å². The van der Waals surface area contributed by atoms with Gasteiger partial charge in [0.15, 0.2) is 5.67 Å². The van der Waals surface area contributed by atoms with Gasteiger partial charge in [0, 0.05) is 23.2 Å². The number of rotatable bonds is 4. The quantitative estimate of drug-likeness (QED) is 0.183. The molecule has 1 saturated heterocycles. The largest absolute Gasteiger partial charge is 0.428 e. The topological polar surface area (TPSA) is 73.5 Å². The van der Waals surface area contributed by atoms with E-state index >= 15 is 4.39 Å². The van der Waals surface area contributed by atoms with Crippen LogP contribution >= 0.6 is 23.2 Å². The maximum absolute atomic E-state index is 15.4. The second kappa shape index (κ2) is 9.83.